The van der Waals surface area contributed by atoms with Gasteiger partial charge in [0.2, 0.25) is 15.9 Å². The van der Waals surface area contributed by atoms with Gasteiger partial charge in [-0.05, 0) is 50.6 Å². The number of sulfonamides is 1. The first-order chi connectivity index (χ1) is 11.2. The highest BCUT2D eigenvalue weighted by molar-refractivity contribution is 7.89. The van der Waals surface area contributed by atoms with Gasteiger partial charge in [0, 0.05) is 31.9 Å². The molecular weight excluding hydrogens is 326 g/mol. The Kier molecular flexibility index (Phi) is 4.22. The molecule has 132 valence electrons. The Balaban J connectivity index is 1.98. The van der Waals surface area contributed by atoms with Gasteiger partial charge in [0.05, 0.1) is 10.3 Å². The number of carbonyl (C=O) groups is 1. The normalized spacial score (nSPS) is 21.6. The van der Waals surface area contributed by atoms with Gasteiger partial charge in [-0.2, -0.15) is 4.31 Å². The molecule has 2 heterocycles. The molecule has 1 amide bonds. The van der Waals surface area contributed by atoms with Crippen molar-refractivity contribution >= 4 is 21.6 Å². The molecule has 24 heavy (non-hydrogen) atoms. The predicted molar refractivity (Wildman–Crippen MR) is 93.7 cm³/mol. The molecule has 0 spiro atoms. The molecule has 0 aliphatic carbocycles. The van der Waals surface area contributed by atoms with Gasteiger partial charge in [0.1, 0.15) is 0 Å². The lowest BCUT2D eigenvalue weighted by Gasteiger charge is -2.33. The monoisotopic (exact) mass is 351 g/mol. The van der Waals surface area contributed by atoms with E-state index in [-0.39, 0.29) is 10.8 Å². The second-order valence-corrected chi connectivity index (χ2v) is 9.02. The van der Waals surface area contributed by atoms with Crippen LogP contribution in [0.1, 0.15) is 31.9 Å². The van der Waals surface area contributed by atoms with Gasteiger partial charge in [0.15, 0.2) is 0 Å². The van der Waals surface area contributed by atoms with Gasteiger partial charge < -0.3 is 10.2 Å². The molecule has 0 atom stereocenters. The number of aryl methyl sites for hydroxylation is 1. The molecule has 0 radical (unpaired) electrons. The Hall–Kier alpha value is -1.44. The number of hydrogen-bond acceptors (Lipinski definition) is 4. The summed E-state index contributed by atoms with van der Waals surface area (Å²) < 4.78 is 27.6. The van der Waals surface area contributed by atoms with Crippen LogP contribution in [0.2, 0.25) is 0 Å². The lowest BCUT2D eigenvalue weighted by atomic mass is 9.85. The fourth-order valence-corrected chi connectivity index (χ4v) is 4.92. The zero-order chi connectivity index (χ0) is 17.7. The van der Waals surface area contributed by atoms with E-state index in [2.05, 4.69) is 17.1 Å². The van der Waals surface area contributed by atoms with E-state index in [1.165, 1.54) is 0 Å². The summed E-state index contributed by atoms with van der Waals surface area (Å²) in [6, 6.07) is 3.34. The highest BCUT2D eigenvalue weighted by Gasteiger charge is 2.40. The molecule has 1 N–H and O–H groups in total. The quantitative estimate of drug-likeness (QED) is 0.897. The SMILES string of the molecule is CCN1CCN(S(=O)(=O)c2cc(C)c3c(c2)C(C)(C)C(=O)N3)CC1. The molecule has 7 heteroatoms. The summed E-state index contributed by atoms with van der Waals surface area (Å²) in [6.45, 7) is 11.0. The van der Waals surface area contributed by atoms with Crippen molar-refractivity contribution in [1.82, 2.24) is 9.21 Å². The first-order valence-corrected chi connectivity index (χ1v) is 9.81. The van der Waals surface area contributed by atoms with Crippen molar-refractivity contribution in [2.24, 2.45) is 0 Å². The number of benzene rings is 1. The number of rotatable bonds is 3. The van der Waals surface area contributed by atoms with E-state index in [1.54, 1.807) is 16.4 Å². The maximum atomic E-state index is 13.0. The third-order valence-electron chi connectivity index (χ3n) is 5.20. The Morgan fingerprint density at radius 2 is 1.79 bits per heavy atom. The van der Waals surface area contributed by atoms with E-state index in [9.17, 15) is 13.2 Å². The Morgan fingerprint density at radius 1 is 1.17 bits per heavy atom. The largest absolute Gasteiger partial charge is 0.325 e. The molecule has 2 aliphatic rings. The van der Waals surface area contributed by atoms with Crippen molar-refractivity contribution in [3.8, 4) is 0 Å². The fourth-order valence-electron chi connectivity index (χ4n) is 3.39. The Morgan fingerprint density at radius 3 is 2.38 bits per heavy atom. The highest BCUT2D eigenvalue weighted by Crippen LogP contribution is 2.41. The van der Waals surface area contributed by atoms with Crippen molar-refractivity contribution in [1.29, 1.82) is 0 Å². The lowest BCUT2D eigenvalue weighted by molar-refractivity contribution is -0.119. The number of piperazine rings is 1. The number of nitrogens with zero attached hydrogens (tertiary/aromatic N) is 2. The van der Waals surface area contributed by atoms with Gasteiger partial charge in [-0.25, -0.2) is 8.42 Å². The Labute approximate surface area is 143 Å². The smallest absolute Gasteiger partial charge is 0.243 e. The van der Waals surface area contributed by atoms with Gasteiger partial charge >= 0.3 is 0 Å². The van der Waals surface area contributed by atoms with Crippen LogP contribution in [0.4, 0.5) is 5.69 Å². The standard InChI is InChI=1S/C17H25N3O3S/c1-5-19-6-8-20(9-7-19)24(22,23)13-10-12(2)15-14(11-13)17(3,4)16(21)18-15/h10-11H,5-9H2,1-4H3,(H,18,21). The van der Waals surface area contributed by atoms with Gasteiger partial charge in [-0.15, -0.1) is 0 Å². The van der Waals surface area contributed by atoms with Crippen molar-refractivity contribution in [2.45, 2.75) is 38.0 Å². The molecular formula is C17H25N3O3S. The van der Waals surface area contributed by atoms with Crippen molar-refractivity contribution in [2.75, 3.05) is 38.0 Å². The van der Waals surface area contributed by atoms with E-state index < -0.39 is 15.4 Å². The summed E-state index contributed by atoms with van der Waals surface area (Å²) in [7, 11) is -3.54. The number of fused-ring (bicyclic) bond motifs is 1. The van der Waals surface area contributed by atoms with Crippen LogP contribution in [0.25, 0.3) is 0 Å². The van der Waals surface area contributed by atoms with Crippen molar-refractivity contribution in [3.63, 3.8) is 0 Å². The minimum absolute atomic E-state index is 0.0910. The lowest BCUT2D eigenvalue weighted by Crippen LogP contribution is -2.48. The summed E-state index contributed by atoms with van der Waals surface area (Å²) >= 11 is 0. The zero-order valence-corrected chi connectivity index (χ0v) is 15.5. The van der Waals surface area contributed by atoms with Gasteiger partial charge in [-0.1, -0.05) is 6.92 Å². The summed E-state index contributed by atoms with van der Waals surface area (Å²) in [6.07, 6.45) is 0. The first kappa shape index (κ1) is 17.4. The summed E-state index contributed by atoms with van der Waals surface area (Å²) in [5.74, 6) is -0.0910. The summed E-state index contributed by atoms with van der Waals surface area (Å²) in [5.41, 5.74) is 1.59. The average Bonchev–Trinajstić information content (AvgIpc) is 2.78. The topological polar surface area (TPSA) is 69.7 Å². The summed E-state index contributed by atoms with van der Waals surface area (Å²) in [4.78, 5) is 14.7. The maximum Gasteiger partial charge on any atom is 0.243 e. The predicted octanol–water partition coefficient (Wildman–Crippen LogP) is 1.55. The first-order valence-electron chi connectivity index (χ1n) is 8.37. The number of carbonyl (C=O) groups excluding carboxylic acids is 1. The number of likely N-dealkylation sites (N-methyl/N-ethyl adjacent to an activating group) is 1. The molecule has 6 nitrogen and oxygen atoms in total. The maximum absolute atomic E-state index is 13.0. The van der Waals surface area contributed by atoms with E-state index in [0.29, 0.717) is 13.1 Å². The van der Waals surface area contributed by atoms with Gasteiger partial charge in [0.25, 0.3) is 0 Å². The molecule has 0 unspecified atom stereocenters. The number of anilines is 1. The van der Waals surface area contributed by atoms with E-state index in [0.717, 1.165) is 36.4 Å². The molecule has 3 rings (SSSR count). The van der Waals surface area contributed by atoms with Crippen LogP contribution < -0.4 is 5.32 Å². The number of nitrogens with one attached hydrogen (secondary N) is 1. The molecule has 2 aliphatic heterocycles. The highest BCUT2D eigenvalue weighted by atomic mass is 32.2. The molecule has 0 saturated carbocycles. The van der Waals surface area contributed by atoms with Crippen LogP contribution in [0.3, 0.4) is 0 Å². The fraction of sp³-hybridized carbons (Fsp3) is 0.588. The van der Waals surface area contributed by atoms with Crippen LogP contribution in [-0.2, 0) is 20.2 Å². The van der Waals surface area contributed by atoms with E-state index >= 15 is 0 Å². The average molecular weight is 351 g/mol. The van der Waals surface area contributed by atoms with Crippen LogP contribution in [-0.4, -0.2) is 56.3 Å². The van der Waals surface area contributed by atoms with Crippen molar-refractivity contribution < 1.29 is 13.2 Å². The molecule has 0 aromatic heterocycles. The molecule has 1 aromatic rings. The second kappa shape index (κ2) is 5.82. The van der Waals surface area contributed by atoms with Gasteiger partial charge in [-0.3, -0.25) is 4.79 Å². The number of hydrogen-bond donors (Lipinski definition) is 1. The minimum atomic E-state index is -3.54. The third kappa shape index (κ3) is 2.64. The van der Waals surface area contributed by atoms with Crippen LogP contribution >= 0.6 is 0 Å². The van der Waals surface area contributed by atoms with Crippen LogP contribution in [0.15, 0.2) is 17.0 Å². The molecule has 1 fully saturated rings. The third-order valence-corrected chi connectivity index (χ3v) is 7.08. The molecule has 0 bridgehead atoms. The zero-order valence-electron chi connectivity index (χ0n) is 14.7. The second-order valence-electron chi connectivity index (χ2n) is 7.08. The molecule has 1 aromatic carbocycles. The number of amides is 1. The van der Waals surface area contributed by atoms with E-state index in [1.807, 2.05) is 20.8 Å². The molecule has 1 saturated heterocycles. The minimum Gasteiger partial charge on any atom is -0.325 e. The van der Waals surface area contributed by atoms with Crippen LogP contribution in [0.5, 0.6) is 0 Å². The van der Waals surface area contributed by atoms with Crippen molar-refractivity contribution in [3.05, 3.63) is 23.3 Å². The Bertz CT molecular complexity index is 779. The van der Waals surface area contributed by atoms with Crippen LogP contribution in [0, 0.1) is 6.92 Å². The van der Waals surface area contributed by atoms with E-state index in [4.69, 9.17) is 0 Å². The summed E-state index contributed by atoms with van der Waals surface area (Å²) in [5, 5.41) is 2.87.